The van der Waals surface area contributed by atoms with E-state index < -0.39 is 0 Å². The van der Waals surface area contributed by atoms with E-state index in [9.17, 15) is 4.79 Å². The molecule has 0 bridgehead atoms. The summed E-state index contributed by atoms with van der Waals surface area (Å²) < 4.78 is 5.83. The molecule has 10 nitrogen and oxygen atoms in total. The van der Waals surface area contributed by atoms with Crippen LogP contribution in [-0.2, 0) is 14.1 Å². The van der Waals surface area contributed by atoms with Gasteiger partial charge in [-0.25, -0.2) is 24.7 Å². The molecule has 6 rings (SSSR count). The van der Waals surface area contributed by atoms with Gasteiger partial charge in [0.25, 0.3) is 0 Å². The lowest BCUT2D eigenvalue weighted by Gasteiger charge is -2.33. The summed E-state index contributed by atoms with van der Waals surface area (Å²) in [5.74, 6) is 1.64. The average Bonchev–Trinajstić information content (AvgIpc) is 3.48. The maximum atomic E-state index is 12.6. The minimum Gasteiger partial charge on any atom is -0.355 e. The zero-order valence-electron chi connectivity index (χ0n) is 17.9. The number of hydrogen-bond donors (Lipinski definition) is 1. The van der Waals surface area contributed by atoms with Crippen LogP contribution in [0.2, 0.25) is 0 Å². The summed E-state index contributed by atoms with van der Waals surface area (Å²) >= 11 is 0. The van der Waals surface area contributed by atoms with E-state index in [0.717, 1.165) is 65.5 Å². The number of aryl methyl sites for hydroxylation is 2. The van der Waals surface area contributed by atoms with Crippen LogP contribution < -0.4 is 10.6 Å². The number of aromatic nitrogens is 8. The molecule has 162 valence electrons. The van der Waals surface area contributed by atoms with Crippen molar-refractivity contribution in [3.8, 4) is 11.5 Å². The minimum absolute atomic E-state index is 0.0420. The number of hydrogen-bond acceptors (Lipinski definition) is 6. The second kappa shape index (κ2) is 7.04. The van der Waals surface area contributed by atoms with Crippen LogP contribution in [0.1, 0.15) is 18.9 Å². The van der Waals surface area contributed by atoms with Crippen molar-refractivity contribution in [1.82, 2.24) is 38.6 Å². The Morgan fingerprint density at radius 3 is 2.69 bits per heavy atom. The van der Waals surface area contributed by atoms with Crippen LogP contribution in [0.25, 0.3) is 33.7 Å². The number of anilines is 1. The molecule has 0 radical (unpaired) electrons. The van der Waals surface area contributed by atoms with Gasteiger partial charge in [-0.15, -0.1) is 0 Å². The second-order valence-corrected chi connectivity index (χ2v) is 8.29. The summed E-state index contributed by atoms with van der Waals surface area (Å²) in [6.45, 7) is 1.58. The lowest BCUT2D eigenvalue weighted by molar-refractivity contribution is 0.395. The van der Waals surface area contributed by atoms with Gasteiger partial charge in [0.1, 0.15) is 12.0 Å². The van der Waals surface area contributed by atoms with E-state index in [4.69, 9.17) is 4.98 Å². The number of fused-ring (bicyclic) bond motifs is 2. The first-order valence-electron chi connectivity index (χ1n) is 10.7. The Morgan fingerprint density at radius 1 is 1.09 bits per heavy atom. The molecule has 1 fully saturated rings. The summed E-state index contributed by atoms with van der Waals surface area (Å²) in [6.07, 6.45) is 6.88. The topological polar surface area (TPSA) is 102 Å². The largest absolute Gasteiger partial charge is 0.355 e. The van der Waals surface area contributed by atoms with E-state index in [-0.39, 0.29) is 11.7 Å². The third-order valence-corrected chi connectivity index (χ3v) is 6.44. The SMILES string of the molecule is Cn1cncc1-c1nc2c(N3CCC(n4c(=O)[nH]c5ccccc54)CC3)ncnc2n1C. The fourth-order valence-electron chi connectivity index (χ4n) is 4.79. The zero-order valence-corrected chi connectivity index (χ0v) is 17.9. The number of aromatic amines is 1. The molecular formula is C22H23N9O. The van der Waals surface area contributed by atoms with Gasteiger partial charge in [-0.3, -0.25) is 4.57 Å². The highest BCUT2D eigenvalue weighted by atomic mass is 16.1. The molecule has 0 aliphatic carbocycles. The number of para-hydroxylation sites is 2. The highest BCUT2D eigenvalue weighted by Gasteiger charge is 2.27. The van der Waals surface area contributed by atoms with Crippen molar-refractivity contribution < 1.29 is 0 Å². The summed E-state index contributed by atoms with van der Waals surface area (Å²) in [6, 6.07) is 8.02. The van der Waals surface area contributed by atoms with E-state index in [0.29, 0.717) is 0 Å². The molecule has 1 aliphatic heterocycles. The van der Waals surface area contributed by atoms with Crippen LogP contribution in [0.5, 0.6) is 0 Å². The summed E-state index contributed by atoms with van der Waals surface area (Å²) in [7, 11) is 3.91. The van der Waals surface area contributed by atoms with Crippen LogP contribution in [0.3, 0.4) is 0 Å². The highest BCUT2D eigenvalue weighted by molar-refractivity contribution is 5.86. The molecule has 4 aromatic heterocycles. The molecule has 1 N–H and O–H groups in total. The van der Waals surface area contributed by atoms with Gasteiger partial charge < -0.3 is 19.0 Å². The summed E-state index contributed by atoms with van der Waals surface area (Å²) in [5.41, 5.74) is 4.31. The molecule has 1 aromatic carbocycles. The Labute approximate surface area is 183 Å². The lowest BCUT2D eigenvalue weighted by atomic mass is 10.0. The third-order valence-electron chi connectivity index (χ3n) is 6.44. The average molecular weight is 429 g/mol. The summed E-state index contributed by atoms with van der Waals surface area (Å²) in [4.78, 5) is 36.0. The van der Waals surface area contributed by atoms with Gasteiger partial charge in [-0.1, -0.05) is 12.1 Å². The molecule has 0 unspecified atom stereocenters. The Hall–Kier alpha value is -3.95. The van der Waals surface area contributed by atoms with Crippen molar-refractivity contribution in [1.29, 1.82) is 0 Å². The van der Waals surface area contributed by atoms with Crippen molar-refractivity contribution in [2.24, 2.45) is 14.1 Å². The number of nitrogens with zero attached hydrogens (tertiary/aromatic N) is 8. The van der Waals surface area contributed by atoms with Crippen LogP contribution in [0, 0.1) is 0 Å². The van der Waals surface area contributed by atoms with Gasteiger partial charge in [-0.05, 0) is 25.0 Å². The molecule has 1 aliphatic rings. The van der Waals surface area contributed by atoms with Crippen molar-refractivity contribution >= 4 is 28.0 Å². The molecule has 5 aromatic rings. The van der Waals surface area contributed by atoms with Crippen molar-refractivity contribution in [3.05, 3.63) is 53.6 Å². The molecule has 0 atom stereocenters. The van der Waals surface area contributed by atoms with Gasteiger partial charge in [-0.2, -0.15) is 0 Å². The summed E-state index contributed by atoms with van der Waals surface area (Å²) in [5, 5.41) is 0. The first-order chi connectivity index (χ1) is 15.6. The van der Waals surface area contributed by atoms with E-state index in [2.05, 4.69) is 24.8 Å². The lowest BCUT2D eigenvalue weighted by Crippen LogP contribution is -2.37. The molecule has 1 saturated heterocycles. The standard InChI is InChI=1S/C22H23N9O/c1-28-13-23-11-17(28)19-27-18-20(29(19)2)24-12-25-21(18)30-9-7-14(8-10-30)31-16-6-4-3-5-15(16)26-22(31)32/h3-6,11-14H,7-10H2,1-2H3,(H,26,32). The molecule has 32 heavy (non-hydrogen) atoms. The molecular weight excluding hydrogens is 406 g/mol. The first-order valence-corrected chi connectivity index (χ1v) is 10.7. The van der Waals surface area contributed by atoms with Gasteiger partial charge in [0.15, 0.2) is 22.8 Å². The Morgan fingerprint density at radius 2 is 1.91 bits per heavy atom. The molecule has 0 spiro atoms. The number of nitrogens with one attached hydrogen (secondary N) is 1. The van der Waals surface area contributed by atoms with Gasteiger partial charge in [0.2, 0.25) is 0 Å². The maximum absolute atomic E-state index is 12.6. The van der Waals surface area contributed by atoms with Gasteiger partial charge >= 0.3 is 5.69 Å². The van der Waals surface area contributed by atoms with Crippen molar-refractivity contribution in [3.63, 3.8) is 0 Å². The van der Waals surface area contributed by atoms with Crippen molar-refractivity contribution in [2.75, 3.05) is 18.0 Å². The number of piperidine rings is 1. The number of rotatable bonds is 3. The van der Waals surface area contributed by atoms with E-state index in [1.54, 1.807) is 18.9 Å². The van der Waals surface area contributed by atoms with Gasteiger partial charge in [0, 0.05) is 33.2 Å². The first kappa shape index (κ1) is 18.8. The number of H-pyrrole nitrogens is 1. The Balaban J connectivity index is 1.32. The fourth-order valence-corrected chi connectivity index (χ4v) is 4.79. The second-order valence-electron chi connectivity index (χ2n) is 8.29. The predicted molar refractivity (Wildman–Crippen MR) is 122 cm³/mol. The van der Waals surface area contributed by atoms with E-state index in [1.165, 1.54) is 0 Å². The monoisotopic (exact) mass is 429 g/mol. The van der Waals surface area contributed by atoms with Crippen molar-refractivity contribution in [2.45, 2.75) is 18.9 Å². The number of imidazole rings is 3. The normalized spacial score (nSPS) is 15.2. The number of benzene rings is 1. The van der Waals surface area contributed by atoms with Crippen LogP contribution >= 0.6 is 0 Å². The van der Waals surface area contributed by atoms with E-state index >= 15 is 0 Å². The van der Waals surface area contributed by atoms with Crippen LogP contribution in [0.4, 0.5) is 5.82 Å². The zero-order chi connectivity index (χ0) is 21.8. The fraction of sp³-hybridized carbons (Fsp3) is 0.318. The minimum atomic E-state index is -0.0420. The van der Waals surface area contributed by atoms with Gasteiger partial charge in [0.05, 0.1) is 23.6 Å². The smallest absolute Gasteiger partial charge is 0.326 e. The van der Waals surface area contributed by atoms with Crippen LogP contribution in [-0.4, -0.2) is 51.7 Å². The molecule has 5 heterocycles. The molecule has 0 saturated carbocycles. The Kier molecular flexibility index (Phi) is 4.14. The Bertz CT molecular complexity index is 1500. The molecule has 0 amide bonds. The third kappa shape index (κ3) is 2.75. The van der Waals surface area contributed by atoms with Crippen LogP contribution in [0.15, 0.2) is 47.9 Å². The molecule has 10 heteroatoms. The van der Waals surface area contributed by atoms with E-state index in [1.807, 2.05) is 52.1 Å². The highest BCUT2D eigenvalue weighted by Crippen LogP contribution is 2.31. The quantitative estimate of drug-likeness (QED) is 0.472. The maximum Gasteiger partial charge on any atom is 0.326 e. The predicted octanol–water partition coefficient (Wildman–Crippen LogP) is 2.25.